The summed E-state index contributed by atoms with van der Waals surface area (Å²) in [4.78, 5) is 23.7. The van der Waals surface area contributed by atoms with E-state index in [2.05, 4.69) is 20.2 Å². The molecule has 178 valence electrons. The quantitative estimate of drug-likeness (QED) is 0.441. The summed E-state index contributed by atoms with van der Waals surface area (Å²) < 4.78 is 22.0. The van der Waals surface area contributed by atoms with Gasteiger partial charge in [-0.3, -0.25) is 14.2 Å². The number of hydrogen-bond acceptors (Lipinski definition) is 6. The molecule has 0 N–H and O–H groups in total. The minimum atomic E-state index is -0.212. The number of amides is 1. The maximum absolute atomic E-state index is 14.6. The van der Waals surface area contributed by atoms with Crippen molar-refractivity contribution in [2.45, 2.75) is 39.0 Å². The Hall–Kier alpha value is -3.88. The van der Waals surface area contributed by atoms with E-state index >= 15 is 0 Å². The fourth-order valence-corrected chi connectivity index (χ4v) is 5.10. The van der Waals surface area contributed by atoms with Crippen LogP contribution in [0.15, 0.2) is 36.9 Å². The predicted octanol–water partition coefficient (Wildman–Crippen LogP) is 3.59. The Morgan fingerprint density at radius 3 is 2.77 bits per heavy atom. The van der Waals surface area contributed by atoms with Crippen LogP contribution in [0.2, 0.25) is 0 Å². The lowest BCUT2D eigenvalue weighted by Gasteiger charge is -2.16. The molecule has 1 saturated heterocycles. The van der Waals surface area contributed by atoms with Crippen LogP contribution in [0, 0.1) is 12.7 Å². The highest BCUT2D eigenvalue weighted by molar-refractivity contribution is 5.93. The van der Waals surface area contributed by atoms with Crippen molar-refractivity contribution in [3.05, 3.63) is 70.9 Å². The molecule has 2 aliphatic rings. The van der Waals surface area contributed by atoms with E-state index in [0.717, 1.165) is 66.2 Å². The van der Waals surface area contributed by atoms with Crippen molar-refractivity contribution in [2.24, 2.45) is 0 Å². The molecule has 3 aromatic heterocycles. The third-order valence-electron chi connectivity index (χ3n) is 6.96. The largest absolute Gasteiger partial charge is 0.493 e. The number of likely N-dealkylation sites (tertiary alicyclic amines) is 1. The van der Waals surface area contributed by atoms with Crippen LogP contribution in [0.1, 0.15) is 45.8 Å². The molecule has 1 aromatic carbocycles. The number of carbonyl (C=O) groups excluding carboxylic acids is 1. The predicted molar refractivity (Wildman–Crippen MR) is 127 cm³/mol. The van der Waals surface area contributed by atoms with Gasteiger partial charge in [0.15, 0.2) is 5.65 Å². The van der Waals surface area contributed by atoms with Crippen molar-refractivity contribution >= 4 is 11.6 Å². The molecule has 0 bridgehead atoms. The molecule has 0 unspecified atom stereocenters. The van der Waals surface area contributed by atoms with Gasteiger partial charge in [0.2, 0.25) is 0 Å². The second kappa shape index (κ2) is 8.72. The van der Waals surface area contributed by atoms with E-state index in [9.17, 15) is 9.18 Å². The van der Waals surface area contributed by atoms with Crippen molar-refractivity contribution in [3.8, 4) is 16.9 Å². The molecule has 2 aliphatic heterocycles. The molecular formula is C26H25FN6O2. The first kappa shape index (κ1) is 21.6. The Kier molecular flexibility index (Phi) is 5.39. The molecule has 0 spiro atoms. The summed E-state index contributed by atoms with van der Waals surface area (Å²) >= 11 is 0. The van der Waals surface area contributed by atoms with Gasteiger partial charge < -0.3 is 9.64 Å². The van der Waals surface area contributed by atoms with Gasteiger partial charge in [0.05, 0.1) is 6.61 Å². The normalized spacial score (nSPS) is 15.0. The highest BCUT2D eigenvalue weighted by Crippen LogP contribution is 2.31. The molecule has 0 saturated carbocycles. The van der Waals surface area contributed by atoms with Gasteiger partial charge in [0, 0.05) is 55.0 Å². The smallest absolute Gasteiger partial charge is 0.272 e. The van der Waals surface area contributed by atoms with Gasteiger partial charge in [-0.25, -0.2) is 9.37 Å². The number of aryl methyl sites for hydroxylation is 2. The molecular weight excluding hydrogens is 447 g/mol. The summed E-state index contributed by atoms with van der Waals surface area (Å²) in [5, 5.41) is 8.43. The Morgan fingerprint density at radius 2 is 1.94 bits per heavy atom. The lowest BCUT2D eigenvalue weighted by Crippen LogP contribution is -2.28. The van der Waals surface area contributed by atoms with Crippen molar-refractivity contribution < 1.29 is 13.9 Å². The van der Waals surface area contributed by atoms with E-state index < -0.39 is 0 Å². The van der Waals surface area contributed by atoms with Gasteiger partial charge >= 0.3 is 0 Å². The van der Waals surface area contributed by atoms with Crippen LogP contribution in [0.25, 0.3) is 16.8 Å². The second-order valence-corrected chi connectivity index (χ2v) is 9.10. The number of rotatable bonds is 5. The van der Waals surface area contributed by atoms with Gasteiger partial charge in [-0.05, 0) is 55.5 Å². The minimum absolute atomic E-state index is 0.0247. The minimum Gasteiger partial charge on any atom is -0.493 e. The van der Waals surface area contributed by atoms with Crippen LogP contribution in [-0.4, -0.2) is 55.1 Å². The lowest BCUT2D eigenvalue weighted by molar-refractivity contribution is 0.0787. The summed E-state index contributed by atoms with van der Waals surface area (Å²) in [5.74, 6) is 1.28. The Labute approximate surface area is 201 Å². The first-order chi connectivity index (χ1) is 17.1. The van der Waals surface area contributed by atoms with Crippen LogP contribution in [0.4, 0.5) is 4.39 Å². The molecule has 0 radical (unpaired) electrons. The number of hydrogen-bond donors (Lipinski definition) is 0. The molecule has 8 nitrogen and oxygen atoms in total. The maximum atomic E-state index is 14.6. The first-order valence-electron chi connectivity index (χ1n) is 12.0. The highest BCUT2D eigenvalue weighted by atomic mass is 19.1. The summed E-state index contributed by atoms with van der Waals surface area (Å²) in [7, 11) is 0. The fourth-order valence-electron chi connectivity index (χ4n) is 5.10. The molecule has 0 aliphatic carbocycles. The van der Waals surface area contributed by atoms with E-state index in [1.54, 1.807) is 24.8 Å². The first-order valence-corrected chi connectivity index (χ1v) is 12.0. The number of fused-ring (bicyclic) bond motifs is 2. The zero-order chi connectivity index (χ0) is 23.9. The van der Waals surface area contributed by atoms with E-state index in [-0.39, 0.29) is 11.7 Å². The fraction of sp³-hybridized carbons (Fsp3) is 0.346. The van der Waals surface area contributed by atoms with Crippen molar-refractivity contribution in [1.82, 2.24) is 29.5 Å². The Morgan fingerprint density at radius 1 is 1.11 bits per heavy atom. The molecule has 4 aromatic rings. The van der Waals surface area contributed by atoms with E-state index in [1.807, 2.05) is 22.3 Å². The van der Waals surface area contributed by atoms with Crippen molar-refractivity contribution in [3.63, 3.8) is 0 Å². The summed E-state index contributed by atoms with van der Waals surface area (Å²) in [6.07, 6.45) is 8.95. The van der Waals surface area contributed by atoms with Gasteiger partial charge in [0.1, 0.15) is 29.4 Å². The number of carbonyl (C=O) groups is 1. The number of halogens is 1. The second-order valence-electron chi connectivity index (χ2n) is 9.10. The van der Waals surface area contributed by atoms with Gasteiger partial charge in [-0.2, -0.15) is 0 Å². The van der Waals surface area contributed by atoms with Crippen LogP contribution in [0.3, 0.4) is 0 Å². The number of nitrogens with zero attached hydrogens (tertiary/aromatic N) is 6. The maximum Gasteiger partial charge on any atom is 0.272 e. The molecule has 1 fully saturated rings. The zero-order valence-electron chi connectivity index (χ0n) is 19.5. The van der Waals surface area contributed by atoms with Crippen LogP contribution in [0.5, 0.6) is 5.75 Å². The third kappa shape index (κ3) is 3.80. The number of aromatic nitrogens is 5. The molecule has 1 amide bonds. The standard InChI is InChI=1S/C26H25FN6O2/c1-16-12-22(26(34)32-9-2-3-10-32)28-13-19(16)20-14-29-24(33-15-30-31-25(20)33)7-4-17-18-8-11-35-23(18)6-5-21(17)27/h5-6,12-15H,2-4,7-11H2,1H3. The Balaban J connectivity index is 1.29. The van der Waals surface area contributed by atoms with Gasteiger partial charge in [-0.1, -0.05) is 0 Å². The lowest BCUT2D eigenvalue weighted by atomic mass is 9.99. The average Bonchev–Trinajstić information content (AvgIpc) is 3.65. The monoisotopic (exact) mass is 472 g/mol. The van der Waals surface area contributed by atoms with Crippen LogP contribution < -0.4 is 4.74 Å². The topological polar surface area (TPSA) is 85.5 Å². The summed E-state index contributed by atoms with van der Waals surface area (Å²) in [5.41, 5.74) is 5.30. The Bertz CT molecular complexity index is 1440. The van der Waals surface area contributed by atoms with Gasteiger partial charge in [0.25, 0.3) is 5.91 Å². The zero-order valence-corrected chi connectivity index (χ0v) is 19.5. The van der Waals surface area contributed by atoms with E-state index in [4.69, 9.17) is 4.74 Å². The number of pyridine rings is 1. The highest BCUT2D eigenvalue weighted by Gasteiger charge is 2.23. The molecule has 6 rings (SSSR count). The molecule has 9 heteroatoms. The summed E-state index contributed by atoms with van der Waals surface area (Å²) in [6, 6.07) is 5.00. The van der Waals surface area contributed by atoms with Crippen LogP contribution in [-0.2, 0) is 19.3 Å². The van der Waals surface area contributed by atoms with Crippen molar-refractivity contribution in [2.75, 3.05) is 19.7 Å². The average molecular weight is 473 g/mol. The molecule has 5 heterocycles. The summed E-state index contributed by atoms with van der Waals surface area (Å²) in [6.45, 7) is 4.12. The van der Waals surface area contributed by atoms with E-state index in [1.165, 1.54) is 6.07 Å². The van der Waals surface area contributed by atoms with Gasteiger partial charge in [-0.15, -0.1) is 10.2 Å². The van der Waals surface area contributed by atoms with Crippen LogP contribution >= 0.6 is 0 Å². The third-order valence-corrected chi connectivity index (χ3v) is 6.96. The number of benzene rings is 1. The molecule has 35 heavy (non-hydrogen) atoms. The van der Waals surface area contributed by atoms with Crippen molar-refractivity contribution in [1.29, 1.82) is 0 Å². The molecule has 0 atom stereocenters. The van der Waals surface area contributed by atoms with E-state index in [0.29, 0.717) is 36.4 Å². The number of ether oxygens (including phenoxy) is 1. The SMILES string of the molecule is Cc1cc(C(=O)N2CCCC2)ncc1-c1cnc(CCc2c(F)ccc3c2CCO3)n2cnnc12.